The Kier molecular flexibility index (Phi) is 13.4. The molecule has 19 heteroatoms. The summed E-state index contributed by atoms with van der Waals surface area (Å²) < 4.78 is 69.7. The first kappa shape index (κ1) is 38.6. The molecule has 266 valence electrons. The standard InChI is InChI=1S/C26H29ClN6O2.2C2HF3O2/c1-17(34)33-9-6-18(7-10-33)8-11-35-24-5-4-21-13-20(24)3-2-19-12-22(15-28-14-19)31-26-29-16-23(27)25(30-21)32-26;2*3-2(4,5)1(6)7/h4-5,12-16,18H,2-3,6-11H2,1H3,(H2,29,30,31,32);2*(H,6,7). The lowest BCUT2D eigenvalue weighted by atomic mass is 9.94. The number of carbonyl (C=O) groups excluding carboxylic acids is 1. The van der Waals surface area contributed by atoms with Gasteiger partial charge in [0.2, 0.25) is 11.9 Å². The van der Waals surface area contributed by atoms with Crippen LogP contribution in [0.4, 0.5) is 49.5 Å². The second-order valence-corrected chi connectivity index (χ2v) is 11.1. The second-order valence-electron chi connectivity index (χ2n) is 10.7. The van der Waals surface area contributed by atoms with E-state index in [1.165, 1.54) is 0 Å². The minimum absolute atomic E-state index is 0.171. The number of aliphatic carboxylic acids is 2. The molecule has 0 saturated carbocycles. The molecule has 0 aliphatic carbocycles. The smallest absolute Gasteiger partial charge is 0.490 e. The first-order chi connectivity index (χ1) is 22.9. The predicted molar refractivity (Wildman–Crippen MR) is 164 cm³/mol. The van der Waals surface area contributed by atoms with Gasteiger partial charge >= 0.3 is 24.3 Å². The van der Waals surface area contributed by atoms with Gasteiger partial charge in [-0.3, -0.25) is 9.78 Å². The van der Waals surface area contributed by atoms with Gasteiger partial charge in [0.05, 0.1) is 24.7 Å². The topological polar surface area (TPSA) is 167 Å². The molecule has 0 atom stereocenters. The molecule has 1 aromatic carbocycles. The van der Waals surface area contributed by atoms with Crippen molar-refractivity contribution in [2.45, 2.75) is 51.4 Å². The summed E-state index contributed by atoms with van der Waals surface area (Å²) in [5.74, 6) is -2.88. The van der Waals surface area contributed by atoms with E-state index in [1.807, 2.05) is 23.2 Å². The molecule has 1 amide bonds. The third-order valence-electron chi connectivity index (χ3n) is 7.13. The Labute approximate surface area is 280 Å². The van der Waals surface area contributed by atoms with Crippen LogP contribution in [0.5, 0.6) is 5.75 Å². The molecular weight excluding hydrogens is 690 g/mol. The minimum Gasteiger partial charge on any atom is -0.493 e. The van der Waals surface area contributed by atoms with Crippen molar-refractivity contribution in [3.63, 3.8) is 0 Å². The summed E-state index contributed by atoms with van der Waals surface area (Å²) in [4.78, 5) is 44.5. The van der Waals surface area contributed by atoms with Crippen LogP contribution >= 0.6 is 11.6 Å². The number of aromatic nitrogens is 3. The maximum absolute atomic E-state index is 11.6. The van der Waals surface area contributed by atoms with Gasteiger partial charge in [-0.15, -0.1) is 0 Å². The van der Waals surface area contributed by atoms with Gasteiger partial charge in [0.15, 0.2) is 5.82 Å². The number of nitrogens with zero attached hydrogens (tertiary/aromatic N) is 4. The molecule has 1 saturated heterocycles. The van der Waals surface area contributed by atoms with Crippen molar-refractivity contribution < 1.29 is 55.7 Å². The van der Waals surface area contributed by atoms with Crippen molar-refractivity contribution >= 4 is 52.6 Å². The van der Waals surface area contributed by atoms with E-state index >= 15 is 0 Å². The van der Waals surface area contributed by atoms with Gasteiger partial charge in [-0.05, 0) is 73.4 Å². The Morgan fingerprint density at radius 1 is 0.939 bits per heavy atom. The third-order valence-corrected chi connectivity index (χ3v) is 7.41. The van der Waals surface area contributed by atoms with E-state index in [0.717, 1.165) is 73.4 Å². The van der Waals surface area contributed by atoms with Gasteiger partial charge in [-0.25, -0.2) is 14.6 Å². The number of benzene rings is 1. The lowest BCUT2D eigenvalue weighted by Crippen LogP contribution is -2.37. The molecule has 4 N–H and O–H groups in total. The normalized spacial score (nSPS) is 14.4. The fraction of sp³-hybridized carbons (Fsp3) is 0.400. The van der Waals surface area contributed by atoms with Crippen LogP contribution in [-0.4, -0.2) is 80.0 Å². The van der Waals surface area contributed by atoms with E-state index in [2.05, 4.69) is 37.7 Å². The molecule has 0 unspecified atom stereocenters. The third kappa shape index (κ3) is 12.6. The maximum atomic E-state index is 11.6. The highest BCUT2D eigenvalue weighted by molar-refractivity contribution is 6.32. The molecule has 3 aromatic rings. The number of ether oxygens (including phenoxy) is 1. The molecular formula is C30H31ClF6N6O6. The number of amides is 1. The number of carboxylic acid groups (broad SMARTS) is 2. The number of halogens is 7. The Morgan fingerprint density at radius 2 is 1.57 bits per heavy atom. The number of carboxylic acids is 2. The van der Waals surface area contributed by atoms with Crippen molar-refractivity contribution in [2.24, 2.45) is 5.92 Å². The number of likely N-dealkylation sites (tertiary alicyclic amines) is 1. The number of anilines is 4. The number of nitrogens with one attached hydrogen (secondary N) is 2. The van der Waals surface area contributed by atoms with Crippen molar-refractivity contribution in [2.75, 3.05) is 30.3 Å². The number of fused-ring (bicyclic) bond motifs is 6. The molecule has 6 bridgehead atoms. The maximum Gasteiger partial charge on any atom is 0.490 e. The zero-order chi connectivity index (χ0) is 36.4. The van der Waals surface area contributed by atoms with Crippen LogP contribution in [0.1, 0.15) is 37.3 Å². The average Bonchev–Trinajstić information content (AvgIpc) is 3.02. The average molecular weight is 721 g/mol. The number of hydrogen-bond acceptors (Lipinski definition) is 9. The molecule has 12 nitrogen and oxygen atoms in total. The summed E-state index contributed by atoms with van der Waals surface area (Å²) in [6, 6.07) is 8.16. The van der Waals surface area contributed by atoms with E-state index in [1.54, 1.807) is 19.3 Å². The van der Waals surface area contributed by atoms with Crippen molar-refractivity contribution in [3.8, 4) is 5.75 Å². The predicted octanol–water partition coefficient (Wildman–Crippen LogP) is 6.40. The Hall–Kier alpha value is -4.87. The van der Waals surface area contributed by atoms with Crippen molar-refractivity contribution in [1.29, 1.82) is 0 Å². The second kappa shape index (κ2) is 17.0. The summed E-state index contributed by atoms with van der Waals surface area (Å²) in [6.45, 7) is 4.00. The molecule has 0 radical (unpaired) electrons. The fourth-order valence-corrected chi connectivity index (χ4v) is 4.76. The number of pyridine rings is 1. The monoisotopic (exact) mass is 720 g/mol. The van der Waals surface area contributed by atoms with E-state index in [-0.39, 0.29) is 5.91 Å². The summed E-state index contributed by atoms with van der Waals surface area (Å²) in [7, 11) is 0. The summed E-state index contributed by atoms with van der Waals surface area (Å²) in [5.41, 5.74) is 3.95. The summed E-state index contributed by atoms with van der Waals surface area (Å²) in [5, 5.41) is 21.2. The fourth-order valence-electron chi connectivity index (χ4n) is 4.62. The highest BCUT2D eigenvalue weighted by Crippen LogP contribution is 2.31. The van der Waals surface area contributed by atoms with E-state index in [9.17, 15) is 31.1 Å². The Balaban J connectivity index is 0.000000392. The molecule has 1 fully saturated rings. The van der Waals surface area contributed by atoms with Crippen LogP contribution in [0.15, 0.2) is 42.9 Å². The van der Waals surface area contributed by atoms with Crippen LogP contribution in [-0.2, 0) is 27.2 Å². The number of piperidine rings is 1. The number of alkyl halides is 6. The van der Waals surface area contributed by atoms with E-state index < -0.39 is 24.3 Å². The SMILES string of the molecule is CC(=O)N1CCC(CCOc2ccc3cc2CCc2cncc(c2)Nc2ncc(Cl)c(n2)N3)CC1.O=C(O)C(F)(F)F.O=C(O)C(F)(F)F. The molecule has 2 aliphatic rings. The first-order valence-corrected chi connectivity index (χ1v) is 14.9. The van der Waals surface area contributed by atoms with Crippen molar-refractivity contribution in [3.05, 3.63) is 59.0 Å². The van der Waals surface area contributed by atoms with Crippen LogP contribution in [0, 0.1) is 5.92 Å². The lowest BCUT2D eigenvalue weighted by molar-refractivity contribution is -0.193. The molecule has 4 heterocycles. The highest BCUT2D eigenvalue weighted by Gasteiger charge is 2.38. The zero-order valence-electron chi connectivity index (χ0n) is 25.7. The highest BCUT2D eigenvalue weighted by atomic mass is 35.5. The van der Waals surface area contributed by atoms with Crippen LogP contribution in [0.25, 0.3) is 0 Å². The number of aryl methyl sites for hydroxylation is 2. The Morgan fingerprint density at radius 3 is 2.16 bits per heavy atom. The van der Waals surface area contributed by atoms with Gasteiger partial charge in [0.25, 0.3) is 0 Å². The zero-order valence-corrected chi connectivity index (χ0v) is 26.5. The van der Waals surface area contributed by atoms with Gasteiger partial charge in [0, 0.05) is 31.9 Å². The molecule has 5 rings (SSSR count). The van der Waals surface area contributed by atoms with Gasteiger partial charge in [0.1, 0.15) is 10.8 Å². The lowest BCUT2D eigenvalue weighted by Gasteiger charge is -2.31. The number of carbonyl (C=O) groups is 3. The van der Waals surface area contributed by atoms with E-state index in [4.69, 9.17) is 36.1 Å². The summed E-state index contributed by atoms with van der Waals surface area (Å²) >= 11 is 6.36. The van der Waals surface area contributed by atoms with Crippen LogP contribution in [0.2, 0.25) is 5.02 Å². The molecule has 0 spiro atoms. The number of hydrogen-bond donors (Lipinski definition) is 4. The Bertz CT molecular complexity index is 1590. The molecule has 49 heavy (non-hydrogen) atoms. The summed E-state index contributed by atoms with van der Waals surface area (Å²) in [6.07, 6.45) is -0.249. The van der Waals surface area contributed by atoms with Crippen LogP contribution in [0.3, 0.4) is 0 Å². The minimum atomic E-state index is -5.08. The number of rotatable bonds is 4. The van der Waals surface area contributed by atoms with E-state index in [0.29, 0.717) is 29.3 Å². The molecule has 2 aliphatic heterocycles. The quantitative estimate of drug-likeness (QED) is 0.220. The van der Waals surface area contributed by atoms with Gasteiger partial charge in [-0.1, -0.05) is 11.6 Å². The first-order valence-electron chi connectivity index (χ1n) is 14.5. The largest absolute Gasteiger partial charge is 0.493 e. The van der Waals surface area contributed by atoms with Crippen LogP contribution < -0.4 is 15.4 Å². The van der Waals surface area contributed by atoms with Gasteiger partial charge in [-0.2, -0.15) is 31.3 Å². The van der Waals surface area contributed by atoms with Crippen molar-refractivity contribution in [1.82, 2.24) is 19.9 Å². The van der Waals surface area contributed by atoms with Gasteiger partial charge < -0.3 is 30.5 Å². The molecule has 2 aromatic heterocycles.